The summed E-state index contributed by atoms with van der Waals surface area (Å²) >= 11 is 1.61. The molecule has 0 aliphatic rings. The third-order valence-corrected chi connectivity index (χ3v) is 4.08. The van der Waals surface area contributed by atoms with E-state index in [4.69, 9.17) is 0 Å². The van der Waals surface area contributed by atoms with Crippen LogP contribution in [0.1, 0.15) is 44.0 Å². The van der Waals surface area contributed by atoms with Crippen molar-refractivity contribution in [3.63, 3.8) is 0 Å². The maximum absolute atomic E-state index is 11.9. The van der Waals surface area contributed by atoms with Gasteiger partial charge in [0.1, 0.15) is 5.65 Å². The van der Waals surface area contributed by atoms with Gasteiger partial charge >= 0.3 is 0 Å². The van der Waals surface area contributed by atoms with E-state index in [-0.39, 0.29) is 5.78 Å². The van der Waals surface area contributed by atoms with Crippen LogP contribution in [0.3, 0.4) is 0 Å². The lowest BCUT2D eigenvalue weighted by atomic mass is 10.1. The highest BCUT2D eigenvalue weighted by atomic mass is 32.1. The fourth-order valence-corrected chi connectivity index (χ4v) is 3.10. The normalized spacial score (nSPS) is 10.2. The predicted molar refractivity (Wildman–Crippen MR) is 90.0 cm³/mol. The van der Waals surface area contributed by atoms with E-state index >= 15 is 0 Å². The van der Waals surface area contributed by atoms with Crippen molar-refractivity contribution in [3.8, 4) is 10.4 Å². The smallest absolute Gasteiger partial charge is 0.163 e. The van der Waals surface area contributed by atoms with E-state index in [1.165, 1.54) is 0 Å². The van der Waals surface area contributed by atoms with Gasteiger partial charge in [0.2, 0.25) is 0 Å². The van der Waals surface area contributed by atoms with Gasteiger partial charge in [0, 0.05) is 45.6 Å². The summed E-state index contributed by atoms with van der Waals surface area (Å²) in [6.45, 7) is 6.02. The first-order valence-corrected chi connectivity index (χ1v) is 8.21. The van der Waals surface area contributed by atoms with Crippen LogP contribution < -0.4 is 0 Å². The average molecular weight is 300 g/mol. The zero-order valence-corrected chi connectivity index (χ0v) is 13.5. The van der Waals surface area contributed by atoms with Crippen molar-refractivity contribution in [1.29, 1.82) is 0 Å². The van der Waals surface area contributed by atoms with Gasteiger partial charge in [0.15, 0.2) is 5.78 Å². The number of hydrogen-bond acceptors (Lipinski definition) is 3. The summed E-state index contributed by atoms with van der Waals surface area (Å²) in [6.07, 6.45) is 5.23. The molecule has 0 unspecified atom stereocenters. The number of ketones is 1. The Morgan fingerprint density at radius 2 is 2.19 bits per heavy atom. The van der Waals surface area contributed by atoms with E-state index in [9.17, 15) is 4.79 Å². The van der Waals surface area contributed by atoms with Gasteiger partial charge in [0.05, 0.1) is 0 Å². The maximum atomic E-state index is 11.9. The molecule has 0 amide bonds. The van der Waals surface area contributed by atoms with Gasteiger partial charge < -0.3 is 4.98 Å². The number of pyridine rings is 1. The van der Waals surface area contributed by atoms with Crippen molar-refractivity contribution in [2.45, 2.75) is 33.6 Å². The molecule has 0 bridgehead atoms. The number of H-pyrrole nitrogens is 1. The lowest BCUT2D eigenvalue weighted by Gasteiger charge is -1.94. The van der Waals surface area contributed by atoms with Crippen LogP contribution in [0, 0.1) is 0 Å². The lowest BCUT2D eigenvalue weighted by molar-refractivity contribution is 0.0982. The molecule has 3 nitrogen and oxygen atoms in total. The van der Waals surface area contributed by atoms with Crippen molar-refractivity contribution < 1.29 is 4.79 Å². The fourth-order valence-electron chi connectivity index (χ4n) is 2.15. The molecule has 110 valence electrons. The van der Waals surface area contributed by atoms with Gasteiger partial charge in [-0.3, -0.25) is 4.79 Å². The Kier molecular flexibility index (Phi) is 5.28. The van der Waals surface area contributed by atoms with E-state index in [2.05, 4.69) is 9.97 Å². The molecule has 0 aromatic carbocycles. The second-order valence-electron chi connectivity index (χ2n) is 4.47. The molecule has 21 heavy (non-hydrogen) atoms. The lowest BCUT2D eigenvalue weighted by Crippen LogP contribution is -1.94. The monoisotopic (exact) mass is 300 g/mol. The molecule has 3 heterocycles. The summed E-state index contributed by atoms with van der Waals surface area (Å²) in [5.74, 6) is 0.225. The van der Waals surface area contributed by atoms with Crippen LogP contribution in [0.2, 0.25) is 0 Å². The molecule has 0 saturated carbocycles. The van der Waals surface area contributed by atoms with Gasteiger partial charge in [-0.05, 0) is 24.6 Å². The van der Waals surface area contributed by atoms with Gasteiger partial charge in [0.25, 0.3) is 0 Å². The molecule has 1 N–H and O–H groups in total. The van der Waals surface area contributed by atoms with Gasteiger partial charge in [-0.15, -0.1) is 11.3 Å². The van der Waals surface area contributed by atoms with E-state index in [0.29, 0.717) is 6.42 Å². The third kappa shape index (κ3) is 3.22. The van der Waals surface area contributed by atoms with Crippen LogP contribution in [-0.4, -0.2) is 15.8 Å². The summed E-state index contributed by atoms with van der Waals surface area (Å²) in [5, 5.41) is 3.04. The first-order chi connectivity index (χ1) is 10.3. The van der Waals surface area contributed by atoms with Gasteiger partial charge in [-0.2, -0.15) is 0 Å². The Labute approximate surface area is 129 Å². The quantitative estimate of drug-likeness (QED) is 0.664. The van der Waals surface area contributed by atoms with Crippen molar-refractivity contribution in [2.24, 2.45) is 0 Å². The number of nitrogens with zero attached hydrogens (tertiary/aromatic N) is 1. The second-order valence-corrected chi connectivity index (χ2v) is 5.39. The van der Waals surface area contributed by atoms with Crippen LogP contribution in [0.4, 0.5) is 0 Å². The fraction of sp³-hybridized carbons (Fsp3) is 0.294. The highest BCUT2D eigenvalue weighted by molar-refractivity contribution is 7.14. The minimum absolute atomic E-state index is 0.225. The number of nitrogens with one attached hydrogen (secondary N) is 1. The molecule has 0 radical (unpaired) electrons. The minimum atomic E-state index is 0.225. The standard InChI is InChI=1S/C15H14N2OS.C2H6/c1-2-4-13(18)10-7-14(19-9-10)12-8-17-15-11(12)5-3-6-16-15;1-2/h3,5-9H,2,4H2,1H3,(H,16,17);1-2H3. The number of aromatic nitrogens is 2. The zero-order chi connectivity index (χ0) is 15.2. The largest absolute Gasteiger partial charge is 0.345 e. The van der Waals surface area contributed by atoms with Gasteiger partial charge in [-0.1, -0.05) is 20.8 Å². The molecule has 3 rings (SSSR count). The predicted octanol–water partition coefficient (Wildman–Crippen LogP) is 5.30. The number of carbonyl (C=O) groups is 1. The Bertz CT molecular complexity index is 727. The van der Waals surface area contributed by atoms with E-state index in [1.54, 1.807) is 17.5 Å². The number of thiophene rings is 1. The molecular formula is C17H20N2OS. The number of hydrogen-bond donors (Lipinski definition) is 1. The summed E-state index contributed by atoms with van der Waals surface area (Å²) < 4.78 is 0. The first-order valence-electron chi connectivity index (χ1n) is 7.34. The number of Topliss-reactive ketones (excluding diaryl/α,β-unsaturated/α-hetero) is 1. The van der Waals surface area contributed by atoms with Crippen molar-refractivity contribution in [3.05, 3.63) is 41.5 Å². The van der Waals surface area contributed by atoms with E-state index in [0.717, 1.165) is 33.5 Å². The SMILES string of the molecule is CC.CCCC(=O)c1csc(-c2c[nH]c3ncccc23)c1. The molecule has 0 saturated heterocycles. The summed E-state index contributed by atoms with van der Waals surface area (Å²) in [4.78, 5) is 20.4. The Morgan fingerprint density at radius 1 is 1.38 bits per heavy atom. The molecule has 3 aromatic rings. The molecule has 0 aliphatic carbocycles. The third-order valence-electron chi connectivity index (χ3n) is 3.12. The van der Waals surface area contributed by atoms with Crippen LogP contribution in [0.15, 0.2) is 36.0 Å². The Balaban J connectivity index is 0.000000774. The van der Waals surface area contributed by atoms with Gasteiger partial charge in [-0.25, -0.2) is 4.98 Å². The number of carbonyl (C=O) groups excluding carboxylic acids is 1. The summed E-state index contributed by atoms with van der Waals surface area (Å²) in [5.41, 5.74) is 2.82. The maximum Gasteiger partial charge on any atom is 0.163 e. The molecule has 0 spiro atoms. The molecule has 3 aromatic heterocycles. The Morgan fingerprint density at radius 3 is 2.95 bits per heavy atom. The van der Waals surface area contributed by atoms with E-state index in [1.807, 2.05) is 50.5 Å². The van der Waals surface area contributed by atoms with Crippen LogP contribution >= 0.6 is 11.3 Å². The zero-order valence-electron chi connectivity index (χ0n) is 12.6. The summed E-state index contributed by atoms with van der Waals surface area (Å²) in [6, 6.07) is 5.95. The molecule has 0 atom stereocenters. The second kappa shape index (κ2) is 7.18. The Hall–Kier alpha value is -1.94. The van der Waals surface area contributed by atoms with Crippen molar-refractivity contribution >= 4 is 28.2 Å². The highest BCUT2D eigenvalue weighted by Gasteiger charge is 2.12. The molecular weight excluding hydrogens is 280 g/mol. The number of aromatic amines is 1. The number of fused-ring (bicyclic) bond motifs is 1. The summed E-state index contributed by atoms with van der Waals surface area (Å²) in [7, 11) is 0. The number of rotatable bonds is 4. The van der Waals surface area contributed by atoms with Crippen LogP contribution in [-0.2, 0) is 0 Å². The molecule has 4 heteroatoms. The molecule has 0 fully saturated rings. The highest BCUT2D eigenvalue weighted by Crippen LogP contribution is 2.32. The van der Waals surface area contributed by atoms with E-state index < -0.39 is 0 Å². The van der Waals surface area contributed by atoms with Crippen molar-refractivity contribution in [2.75, 3.05) is 0 Å². The minimum Gasteiger partial charge on any atom is -0.345 e. The van der Waals surface area contributed by atoms with Crippen LogP contribution in [0.5, 0.6) is 0 Å². The van der Waals surface area contributed by atoms with Crippen molar-refractivity contribution in [1.82, 2.24) is 9.97 Å². The first kappa shape index (κ1) is 15.4. The topological polar surface area (TPSA) is 45.8 Å². The molecule has 0 aliphatic heterocycles. The van der Waals surface area contributed by atoms with Crippen LogP contribution in [0.25, 0.3) is 21.5 Å². The average Bonchev–Trinajstić information content (AvgIpc) is 3.16.